The minimum Gasteiger partial charge on any atom is -0.299 e. The number of benzene rings is 2. The quantitative estimate of drug-likeness (QED) is 0.404. The highest BCUT2D eigenvalue weighted by Gasteiger charge is 2.52. The van der Waals surface area contributed by atoms with Crippen molar-refractivity contribution in [3.63, 3.8) is 0 Å². The molecule has 2 aromatic rings. The fourth-order valence-electron chi connectivity index (χ4n) is 7.81. The zero-order valence-electron chi connectivity index (χ0n) is 22.9. The van der Waals surface area contributed by atoms with E-state index in [1.807, 2.05) is 0 Å². The summed E-state index contributed by atoms with van der Waals surface area (Å²) in [6.45, 7) is 8.94. The van der Waals surface area contributed by atoms with E-state index in [1.54, 1.807) is 0 Å². The lowest BCUT2D eigenvalue weighted by atomic mass is 9.56. The van der Waals surface area contributed by atoms with Crippen molar-refractivity contribution in [3.05, 3.63) is 68.8 Å². The Kier molecular flexibility index (Phi) is 7.52. The molecule has 0 aliphatic heterocycles. The van der Waals surface area contributed by atoms with Crippen molar-refractivity contribution in [1.29, 1.82) is 0 Å². The Bertz CT molecular complexity index is 979. The van der Waals surface area contributed by atoms with Gasteiger partial charge in [0.2, 0.25) is 0 Å². The van der Waals surface area contributed by atoms with E-state index < -0.39 is 0 Å². The highest BCUT2D eigenvalue weighted by Crippen LogP contribution is 2.47. The van der Waals surface area contributed by atoms with Crippen LogP contribution in [0.4, 0.5) is 0 Å². The summed E-state index contributed by atoms with van der Waals surface area (Å²) in [5, 5.41) is 0. The minimum atomic E-state index is -0.117. The smallest absolute Gasteiger partial charge is 0.141 e. The van der Waals surface area contributed by atoms with Crippen LogP contribution >= 0.6 is 0 Å². The van der Waals surface area contributed by atoms with Crippen molar-refractivity contribution in [2.24, 2.45) is 23.7 Å². The molecule has 4 unspecified atom stereocenters. The molecule has 0 saturated heterocycles. The monoisotopic (exact) mass is 484 g/mol. The first-order valence-electron chi connectivity index (χ1n) is 14.8. The maximum Gasteiger partial charge on any atom is 0.141 e. The van der Waals surface area contributed by atoms with Gasteiger partial charge in [-0.1, -0.05) is 77.6 Å². The van der Waals surface area contributed by atoms with Gasteiger partial charge in [-0.05, 0) is 95.9 Å². The molecule has 36 heavy (non-hydrogen) atoms. The molecular formula is C34H44O2. The molecule has 0 amide bonds. The zero-order valence-corrected chi connectivity index (χ0v) is 22.9. The standard InChI is InChI=1S/C34H44O2/c1-5-9-21-13-14-22(10-6-2)26-18-30-29(17-25(21)26)33(35)31-19-27-23(11-7-3)15-16-24(12-8-4)28(27)20-32(31)34(30)36/h13-16,29-32H,5-12,17-20H2,1-4H3. The SMILES string of the molecule is CCCc1ccc(CCC)c2c1CC1C(=O)C3Cc4c(CCC)ccc(CCC)c4CC3C(=O)C1C2. The van der Waals surface area contributed by atoms with E-state index in [-0.39, 0.29) is 23.7 Å². The second-order valence-electron chi connectivity index (χ2n) is 11.7. The predicted octanol–water partition coefficient (Wildman–Crippen LogP) is 7.01. The number of hydrogen-bond acceptors (Lipinski definition) is 2. The van der Waals surface area contributed by atoms with Crippen molar-refractivity contribution in [1.82, 2.24) is 0 Å². The Morgan fingerprint density at radius 3 is 0.889 bits per heavy atom. The van der Waals surface area contributed by atoms with E-state index in [0.29, 0.717) is 11.6 Å². The second-order valence-corrected chi connectivity index (χ2v) is 11.7. The number of carbonyl (C=O) groups excluding carboxylic acids is 2. The summed E-state index contributed by atoms with van der Waals surface area (Å²) in [6, 6.07) is 9.26. The van der Waals surface area contributed by atoms with Crippen LogP contribution in [-0.4, -0.2) is 11.6 Å². The van der Waals surface area contributed by atoms with Crippen LogP contribution < -0.4 is 0 Å². The van der Waals surface area contributed by atoms with Crippen LogP contribution in [-0.2, 0) is 61.0 Å². The molecule has 0 spiro atoms. The summed E-state index contributed by atoms with van der Waals surface area (Å²) < 4.78 is 0. The Morgan fingerprint density at radius 2 is 0.694 bits per heavy atom. The number of fused-ring (bicyclic) bond motifs is 4. The second kappa shape index (κ2) is 10.6. The molecule has 0 bridgehead atoms. The lowest BCUT2D eigenvalue weighted by Gasteiger charge is -2.45. The maximum atomic E-state index is 14.2. The van der Waals surface area contributed by atoms with Crippen molar-refractivity contribution >= 4 is 11.6 Å². The Morgan fingerprint density at radius 1 is 0.472 bits per heavy atom. The van der Waals surface area contributed by atoms with Crippen LogP contribution in [0.1, 0.15) is 97.9 Å². The minimum absolute atomic E-state index is 0.117. The summed E-state index contributed by atoms with van der Waals surface area (Å²) in [6.07, 6.45) is 11.8. The Hall–Kier alpha value is -2.22. The van der Waals surface area contributed by atoms with Gasteiger partial charge < -0.3 is 0 Å². The third-order valence-corrected chi connectivity index (χ3v) is 9.46. The average Bonchev–Trinajstić information content (AvgIpc) is 2.89. The van der Waals surface area contributed by atoms with E-state index in [0.717, 1.165) is 77.0 Å². The first kappa shape index (κ1) is 25.4. The number of Topliss-reactive ketones (excluding diaryl/α,β-unsaturated/α-hetero) is 2. The van der Waals surface area contributed by atoms with Crippen LogP contribution in [0.15, 0.2) is 24.3 Å². The molecule has 2 heteroatoms. The molecule has 3 aliphatic rings. The van der Waals surface area contributed by atoms with Gasteiger partial charge in [0.1, 0.15) is 11.6 Å². The van der Waals surface area contributed by atoms with E-state index in [4.69, 9.17) is 0 Å². The van der Waals surface area contributed by atoms with Gasteiger partial charge in [0.15, 0.2) is 0 Å². The van der Waals surface area contributed by atoms with Gasteiger partial charge in [-0.25, -0.2) is 0 Å². The molecule has 1 saturated carbocycles. The summed E-state index contributed by atoms with van der Waals surface area (Å²) in [4.78, 5) is 28.3. The fraction of sp³-hybridized carbons (Fsp3) is 0.588. The topological polar surface area (TPSA) is 34.1 Å². The van der Waals surface area contributed by atoms with Gasteiger partial charge in [-0.3, -0.25) is 9.59 Å². The van der Waals surface area contributed by atoms with Gasteiger partial charge in [0.25, 0.3) is 0 Å². The van der Waals surface area contributed by atoms with Crippen LogP contribution in [0, 0.1) is 23.7 Å². The largest absolute Gasteiger partial charge is 0.299 e. The molecule has 0 N–H and O–H groups in total. The summed E-state index contributed by atoms with van der Waals surface area (Å²) in [5.41, 5.74) is 11.3. The number of ketones is 2. The lowest BCUT2D eigenvalue weighted by Crippen LogP contribution is -2.53. The highest BCUT2D eigenvalue weighted by atomic mass is 16.1. The first-order valence-corrected chi connectivity index (χ1v) is 14.8. The van der Waals surface area contributed by atoms with Crippen molar-refractivity contribution in [2.75, 3.05) is 0 Å². The molecule has 2 nitrogen and oxygen atoms in total. The molecular weight excluding hydrogens is 440 g/mol. The third kappa shape index (κ3) is 4.29. The molecule has 1 fully saturated rings. The molecule has 3 aliphatic carbocycles. The van der Waals surface area contributed by atoms with Crippen LogP contribution in [0.5, 0.6) is 0 Å². The zero-order chi connectivity index (χ0) is 25.4. The van der Waals surface area contributed by atoms with Crippen LogP contribution in [0.25, 0.3) is 0 Å². The van der Waals surface area contributed by atoms with E-state index >= 15 is 0 Å². The van der Waals surface area contributed by atoms with E-state index in [9.17, 15) is 9.59 Å². The number of carbonyl (C=O) groups is 2. The van der Waals surface area contributed by atoms with Crippen LogP contribution in [0.2, 0.25) is 0 Å². The summed E-state index contributed by atoms with van der Waals surface area (Å²) in [7, 11) is 0. The molecule has 0 radical (unpaired) electrons. The number of aryl methyl sites for hydroxylation is 4. The normalized spacial score (nSPS) is 24.7. The van der Waals surface area contributed by atoms with Crippen molar-refractivity contribution in [3.8, 4) is 0 Å². The Labute approximate surface area is 218 Å². The average molecular weight is 485 g/mol. The summed E-state index contributed by atoms with van der Waals surface area (Å²) in [5.74, 6) is 0.324. The first-order chi connectivity index (χ1) is 17.5. The van der Waals surface area contributed by atoms with Crippen molar-refractivity contribution < 1.29 is 9.59 Å². The van der Waals surface area contributed by atoms with E-state index in [2.05, 4.69) is 52.0 Å². The fourth-order valence-corrected chi connectivity index (χ4v) is 7.81. The van der Waals surface area contributed by atoms with Crippen molar-refractivity contribution in [2.45, 2.75) is 105 Å². The Balaban J connectivity index is 1.54. The van der Waals surface area contributed by atoms with Crippen LogP contribution in [0.3, 0.4) is 0 Å². The highest BCUT2D eigenvalue weighted by molar-refractivity contribution is 6.01. The van der Waals surface area contributed by atoms with Gasteiger partial charge in [0.05, 0.1) is 0 Å². The number of hydrogen-bond donors (Lipinski definition) is 0. The molecule has 2 aromatic carbocycles. The third-order valence-electron chi connectivity index (χ3n) is 9.46. The van der Waals surface area contributed by atoms with Gasteiger partial charge >= 0.3 is 0 Å². The van der Waals surface area contributed by atoms with Gasteiger partial charge in [0, 0.05) is 23.7 Å². The van der Waals surface area contributed by atoms with Gasteiger partial charge in [-0.2, -0.15) is 0 Å². The molecule has 4 atom stereocenters. The lowest BCUT2D eigenvalue weighted by molar-refractivity contribution is -0.148. The van der Waals surface area contributed by atoms with E-state index in [1.165, 1.54) is 44.5 Å². The molecule has 5 rings (SSSR count). The molecule has 0 heterocycles. The summed E-state index contributed by atoms with van der Waals surface area (Å²) >= 11 is 0. The molecule has 192 valence electrons. The maximum absolute atomic E-state index is 14.2. The number of rotatable bonds is 8. The predicted molar refractivity (Wildman–Crippen MR) is 148 cm³/mol. The molecule has 0 aromatic heterocycles. The van der Waals surface area contributed by atoms with Gasteiger partial charge in [-0.15, -0.1) is 0 Å².